The van der Waals surface area contributed by atoms with E-state index in [1.54, 1.807) is 14.2 Å². The number of benzene rings is 2. The van der Waals surface area contributed by atoms with Gasteiger partial charge in [-0.1, -0.05) is 6.92 Å². The summed E-state index contributed by atoms with van der Waals surface area (Å²) in [7, 11) is -0.378. The smallest absolute Gasteiger partial charge is 0.261 e. The number of hydrogen-bond acceptors (Lipinski definition) is 5. The van der Waals surface area contributed by atoms with Crippen molar-refractivity contribution in [3.05, 3.63) is 61.5 Å². The number of hydrogen-bond donors (Lipinski definition) is 1. The van der Waals surface area contributed by atoms with Gasteiger partial charge in [-0.3, -0.25) is 4.55 Å². The maximum absolute atomic E-state index is 9.19. The molecule has 1 N–H and O–H groups in total. The van der Waals surface area contributed by atoms with Gasteiger partial charge in [0.15, 0.2) is 0 Å². The van der Waals surface area contributed by atoms with Crippen LogP contribution in [-0.2, 0) is 30.2 Å². The molecule has 0 aliphatic rings. The summed E-state index contributed by atoms with van der Waals surface area (Å²) in [5.74, 6) is 1.62. The van der Waals surface area contributed by atoms with E-state index in [0.29, 0.717) is 6.26 Å². The van der Waals surface area contributed by atoms with Crippen molar-refractivity contribution >= 4 is 21.5 Å². The molecule has 0 atom stereocenters. The quantitative estimate of drug-likeness (QED) is 0.353. The Balaban J connectivity index is 0. The molecule has 26 heavy (non-hydrogen) atoms. The van der Waals surface area contributed by atoms with Crippen molar-refractivity contribution in [2.45, 2.75) is 6.92 Å². The van der Waals surface area contributed by atoms with Crippen LogP contribution in [0.3, 0.4) is 0 Å². The summed E-state index contributed by atoms with van der Waals surface area (Å²) in [6.45, 7) is 1.96. The summed E-state index contributed by atoms with van der Waals surface area (Å²) in [6.07, 6.45) is 0.715. The van der Waals surface area contributed by atoms with E-state index in [1.165, 1.54) is 0 Å². The molecule has 6 nitrogen and oxygen atoms in total. The van der Waals surface area contributed by atoms with E-state index in [-0.39, 0.29) is 27.5 Å². The van der Waals surface area contributed by atoms with Crippen LogP contribution in [0.15, 0.2) is 47.5 Å². The Labute approximate surface area is 169 Å². The third kappa shape index (κ3) is 11.0. The Morgan fingerprint density at radius 3 is 1.88 bits per heavy atom. The van der Waals surface area contributed by atoms with Gasteiger partial charge in [-0.2, -0.15) is 8.42 Å². The first-order chi connectivity index (χ1) is 11.2. The Bertz CT molecular complexity index is 764. The van der Waals surface area contributed by atoms with Crippen LogP contribution in [0.5, 0.6) is 11.5 Å². The molecule has 0 saturated heterocycles. The molecule has 1 radical (unpaired) electrons. The van der Waals surface area contributed by atoms with Gasteiger partial charge in [-0.05, 0) is 30.0 Å². The summed E-state index contributed by atoms with van der Waals surface area (Å²) in [6, 6.07) is 16.4. The molecule has 0 fully saturated rings. The van der Waals surface area contributed by atoms with Crippen molar-refractivity contribution in [1.29, 1.82) is 0 Å². The summed E-state index contributed by atoms with van der Waals surface area (Å²) in [5, 5.41) is 0. The first kappa shape index (κ1) is 26.5. The Hall–Kier alpha value is -1.73. The molecule has 0 bridgehead atoms. The normalized spacial score (nSPS) is 10.4. The molecule has 0 aliphatic carbocycles. The molecule has 0 aliphatic heterocycles. The Morgan fingerprint density at radius 1 is 1.04 bits per heavy atom. The van der Waals surface area contributed by atoms with Crippen LogP contribution in [0.25, 0.3) is 0 Å². The van der Waals surface area contributed by atoms with Gasteiger partial charge >= 0.3 is 0 Å². The third-order valence-electron chi connectivity index (χ3n) is 2.78. The van der Waals surface area contributed by atoms with Gasteiger partial charge in [0.1, 0.15) is 5.75 Å². The van der Waals surface area contributed by atoms with Gasteiger partial charge in [0.05, 0.1) is 26.2 Å². The van der Waals surface area contributed by atoms with Crippen molar-refractivity contribution in [2.24, 2.45) is 4.99 Å². The van der Waals surface area contributed by atoms with Crippen molar-refractivity contribution in [2.75, 3.05) is 20.5 Å². The fraction of sp³-hybridized carbons (Fsp3) is 0.222. The van der Waals surface area contributed by atoms with E-state index in [0.717, 1.165) is 28.5 Å². The zero-order valence-electron chi connectivity index (χ0n) is 15.3. The number of rotatable bonds is 4. The number of nitrogens with zero attached hydrogens (tertiary/aromatic N) is 1. The van der Waals surface area contributed by atoms with Gasteiger partial charge in [-0.15, -0.1) is 29.8 Å². The fourth-order valence-corrected chi connectivity index (χ4v) is 1.67. The van der Waals surface area contributed by atoms with Crippen LogP contribution in [-0.4, -0.2) is 39.2 Å². The largest absolute Gasteiger partial charge is 0.540 e. The average Bonchev–Trinajstić information content (AvgIpc) is 2.54. The molecule has 0 spiro atoms. The Kier molecular flexibility index (Phi) is 12.8. The Morgan fingerprint density at radius 2 is 1.50 bits per heavy atom. The standard InChI is InChI=1S/C16H16NO2.CH4O3S.CH3.Ir/c1-12(13-4-8-15(18-2)9-5-13)17-14-6-10-16(19-3)11-7-14;1-5(2,3)4;;/h4,6-11H,1-3H3;1H3,(H,2,3,4);1H3;/q-1;;-1;. The van der Waals surface area contributed by atoms with Gasteiger partial charge in [0, 0.05) is 25.9 Å². The molecule has 2 rings (SSSR count). The number of methoxy groups -OCH3 is 2. The van der Waals surface area contributed by atoms with Crippen molar-refractivity contribution in [3.63, 3.8) is 0 Å². The van der Waals surface area contributed by atoms with Crippen molar-refractivity contribution in [1.82, 2.24) is 0 Å². The van der Waals surface area contributed by atoms with Gasteiger partial charge in [0.25, 0.3) is 10.1 Å². The molecule has 0 heterocycles. The SMILES string of the molecule is COc1c[c-]c(C(C)=Nc2ccc(OC)cc2)cc1.CS(=O)(=O)O.[CH3-].[Ir]. The van der Waals surface area contributed by atoms with Crippen LogP contribution >= 0.6 is 0 Å². The summed E-state index contributed by atoms with van der Waals surface area (Å²) in [4.78, 5) is 4.55. The van der Waals surface area contributed by atoms with Gasteiger partial charge < -0.3 is 21.9 Å². The minimum absolute atomic E-state index is 0. The number of ether oxygens (including phenoxy) is 2. The monoisotopic (exact) mass is 558 g/mol. The molecule has 147 valence electrons. The van der Waals surface area contributed by atoms with Crippen LogP contribution in [0.1, 0.15) is 12.5 Å². The van der Waals surface area contributed by atoms with E-state index < -0.39 is 10.1 Å². The average molecular weight is 558 g/mol. The van der Waals surface area contributed by atoms with Crippen LogP contribution in [0.2, 0.25) is 0 Å². The van der Waals surface area contributed by atoms with E-state index >= 15 is 0 Å². The zero-order chi connectivity index (χ0) is 18.2. The third-order valence-corrected chi connectivity index (χ3v) is 2.78. The molecule has 0 aromatic heterocycles. The second-order valence-electron chi connectivity index (χ2n) is 4.77. The predicted octanol–water partition coefficient (Wildman–Crippen LogP) is 3.60. The summed E-state index contributed by atoms with van der Waals surface area (Å²) in [5.41, 5.74) is 2.76. The fourth-order valence-electron chi connectivity index (χ4n) is 1.67. The number of aliphatic imine (C=N–C) groups is 1. The summed E-state index contributed by atoms with van der Waals surface area (Å²) < 4.78 is 36.1. The zero-order valence-corrected chi connectivity index (χ0v) is 18.5. The molecule has 0 amide bonds. The van der Waals surface area contributed by atoms with Crippen molar-refractivity contribution < 1.29 is 42.5 Å². The first-order valence-corrected chi connectivity index (χ1v) is 8.75. The maximum Gasteiger partial charge on any atom is 0.261 e. The summed E-state index contributed by atoms with van der Waals surface area (Å²) >= 11 is 0. The molecule has 2 aromatic rings. The maximum atomic E-state index is 9.19. The molecule has 8 heteroatoms. The van der Waals surface area contributed by atoms with Crippen LogP contribution in [0.4, 0.5) is 5.69 Å². The minimum Gasteiger partial charge on any atom is -0.540 e. The molecule has 2 aromatic carbocycles. The van der Waals surface area contributed by atoms with Crippen molar-refractivity contribution in [3.8, 4) is 11.5 Å². The predicted molar refractivity (Wildman–Crippen MR) is 101 cm³/mol. The van der Waals surface area contributed by atoms with Gasteiger partial charge in [-0.25, -0.2) is 0 Å². The molecular weight excluding hydrogens is 534 g/mol. The second-order valence-corrected chi connectivity index (χ2v) is 6.24. The van der Waals surface area contributed by atoms with Gasteiger partial charge in [0.2, 0.25) is 0 Å². The topological polar surface area (TPSA) is 85.2 Å². The first-order valence-electron chi connectivity index (χ1n) is 6.91. The molecule has 0 unspecified atom stereocenters. The molecule has 0 saturated carbocycles. The van der Waals surface area contributed by atoms with E-state index in [1.807, 2.05) is 49.4 Å². The van der Waals surface area contributed by atoms with E-state index in [4.69, 9.17) is 14.0 Å². The molecular formula is C18H23IrNO5S-2. The van der Waals surface area contributed by atoms with Crippen LogP contribution < -0.4 is 9.47 Å². The van der Waals surface area contributed by atoms with E-state index in [9.17, 15) is 8.42 Å². The second kappa shape index (κ2) is 12.6. The van der Waals surface area contributed by atoms with E-state index in [2.05, 4.69) is 11.1 Å². The van der Waals surface area contributed by atoms with Crippen LogP contribution in [0, 0.1) is 13.5 Å². The minimum atomic E-state index is -3.67.